The molecule has 1 aliphatic rings. The molecule has 1 fully saturated rings. The highest BCUT2D eigenvalue weighted by Gasteiger charge is 2.16. The summed E-state index contributed by atoms with van der Waals surface area (Å²) >= 11 is 5.97. The van der Waals surface area contributed by atoms with Gasteiger partial charge < -0.3 is 15.8 Å². The average molecular weight is 269 g/mol. The highest BCUT2D eigenvalue weighted by atomic mass is 35.5. The van der Waals surface area contributed by atoms with Gasteiger partial charge in [0.15, 0.2) is 0 Å². The second-order valence-corrected chi connectivity index (χ2v) is 4.94. The molecule has 1 unspecified atom stereocenters. The lowest BCUT2D eigenvalue weighted by atomic mass is 10.0. The van der Waals surface area contributed by atoms with Crippen LogP contribution in [0.1, 0.15) is 23.2 Å². The summed E-state index contributed by atoms with van der Waals surface area (Å²) in [5, 5.41) is 3.30. The molecule has 0 radical (unpaired) electrons. The summed E-state index contributed by atoms with van der Waals surface area (Å²) in [7, 11) is 0. The zero-order valence-electron chi connectivity index (χ0n) is 10.1. The molecule has 1 aliphatic heterocycles. The van der Waals surface area contributed by atoms with Gasteiger partial charge in [-0.25, -0.2) is 0 Å². The number of halogens is 1. The molecule has 1 amide bonds. The summed E-state index contributed by atoms with van der Waals surface area (Å²) in [6, 6.07) is 4.90. The highest BCUT2D eigenvalue weighted by molar-refractivity contribution is 6.34. The summed E-state index contributed by atoms with van der Waals surface area (Å²) in [4.78, 5) is 12.0. The van der Waals surface area contributed by atoms with E-state index in [0.717, 1.165) is 19.4 Å². The van der Waals surface area contributed by atoms with Crippen LogP contribution in [0.2, 0.25) is 5.02 Å². The molecule has 0 aliphatic carbocycles. The van der Waals surface area contributed by atoms with Crippen molar-refractivity contribution in [1.29, 1.82) is 0 Å². The number of hydrogen-bond donors (Lipinski definition) is 2. The number of nitrogen functional groups attached to an aromatic ring is 1. The standard InChI is InChI=1S/C13H17ClN2O2/c14-12-4-3-10(15)6-11(12)13(17)16-7-9-2-1-5-18-8-9/h3-4,6,9H,1-2,5,7-8,15H2,(H,16,17). The number of carbonyl (C=O) groups excluding carboxylic acids is 1. The SMILES string of the molecule is Nc1ccc(Cl)c(C(=O)NCC2CCCOC2)c1. The van der Waals surface area contributed by atoms with Gasteiger partial charge in [-0.15, -0.1) is 0 Å². The molecule has 5 heteroatoms. The lowest BCUT2D eigenvalue weighted by Gasteiger charge is -2.22. The van der Waals surface area contributed by atoms with Crippen molar-refractivity contribution in [3.63, 3.8) is 0 Å². The van der Waals surface area contributed by atoms with Crippen molar-refractivity contribution in [2.24, 2.45) is 5.92 Å². The summed E-state index contributed by atoms with van der Waals surface area (Å²) in [5.41, 5.74) is 6.60. The lowest BCUT2D eigenvalue weighted by molar-refractivity contribution is 0.0536. The maximum atomic E-state index is 12.0. The molecule has 2 rings (SSSR count). The quantitative estimate of drug-likeness (QED) is 0.825. The van der Waals surface area contributed by atoms with Crippen LogP contribution in [-0.4, -0.2) is 25.7 Å². The van der Waals surface area contributed by atoms with Gasteiger partial charge in [-0.1, -0.05) is 11.6 Å². The van der Waals surface area contributed by atoms with Crippen LogP contribution in [0.25, 0.3) is 0 Å². The first-order valence-corrected chi connectivity index (χ1v) is 6.45. The number of ether oxygens (including phenoxy) is 1. The van der Waals surface area contributed by atoms with Gasteiger partial charge in [-0.3, -0.25) is 4.79 Å². The van der Waals surface area contributed by atoms with Gasteiger partial charge in [0.05, 0.1) is 17.2 Å². The number of amides is 1. The van der Waals surface area contributed by atoms with Crippen molar-refractivity contribution in [3.05, 3.63) is 28.8 Å². The number of nitrogens with two attached hydrogens (primary N) is 1. The van der Waals surface area contributed by atoms with E-state index in [1.165, 1.54) is 0 Å². The van der Waals surface area contributed by atoms with Crippen molar-refractivity contribution in [1.82, 2.24) is 5.32 Å². The van der Waals surface area contributed by atoms with E-state index in [4.69, 9.17) is 22.1 Å². The minimum atomic E-state index is -0.183. The van der Waals surface area contributed by atoms with Gasteiger partial charge >= 0.3 is 0 Å². The smallest absolute Gasteiger partial charge is 0.252 e. The molecule has 18 heavy (non-hydrogen) atoms. The van der Waals surface area contributed by atoms with Gasteiger partial charge in [0.2, 0.25) is 0 Å². The molecule has 0 aromatic heterocycles. The van der Waals surface area contributed by atoms with Gasteiger partial charge in [-0.05, 0) is 37.0 Å². The fourth-order valence-electron chi connectivity index (χ4n) is 2.02. The van der Waals surface area contributed by atoms with Crippen LogP contribution in [0.15, 0.2) is 18.2 Å². The van der Waals surface area contributed by atoms with Crippen molar-refractivity contribution >= 4 is 23.2 Å². The van der Waals surface area contributed by atoms with E-state index in [9.17, 15) is 4.79 Å². The Morgan fingerprint density at radius 1 is 1.56 bits per heavy atom. The predicted octanol–water partition coefficient (Wildman–Crippen LogP) is 2.08. The highest BCUT2D eigenvalue weighted by Crippen LogP contribution is 2.19. The second-order valence-electron chi connectivity index (χ2n) is 4.53. The summed E-state index contributed by atoms with van der Waals surface area (Å²) in [6.07, 6.45) is 2.14. The molecular formula is C13H17ClN2O2. The molecule has 0 spiro atoms. The van der Waals surface area contributed by atoms with Gasteiger partial charge in [-0.2, -0.15) is 0 Å². The predicted molar refractivity (Wildman–Crippen MR) is 71.7 cm³/mol. The van der Waals surface area contributed by atoms with Crippen molar-refractivity contribution < 1.29 is 9.53 Å². The van der Waals surface area contributed by atoms with Gasteiger partial charge in [0.1, 0.15) is 0 Å². The third kappa shape index (κ3) is 3.37. The van der Waals surface area contributed by atoms with E-state index in [2.05, 4.69) is 5.32 Å². The summed E-state index contributed by atoms with van der Waals surface area (Å²) in [5.74, 6) is 0.209. The number of nitrogens with one attached hydrogen (secondary N) is 1. The molecule has 4 nitrogen and oxygen atoms in total. The zero-order valence-corrected chi connectivity index (χ0v) is 10.9. The van der Waals surface area contributed by atoms with E-state index in [1.54, 1.807) is 18.2 Å². The van der Waals surface area contributed by atoms with E-state index >= 15 is 0 Å². The molecule has 3 N–H and O–H groups in total. The molecule has 1 atom stereocenters. The number of anilines is 1. The minimum Gasteiger partial charge on any atom is -0.399 e. The van der Waals surface area contributed by atoms with Crippen LogP contribution in [-0.2, 0) is 4.74 Å². The Hall–Kier alpha value is -1.26. The number of hydrogen-bond acceptors (Lipinski definition) is 3. The summed E-state index contributed by atoms with van der Waals surface area (Å²) in [6.45, 7) is 2.15. The largest absolute Gasteiger partial charge is 0.399 e. The van der Waals surface area contributed by atoms with Gasteiger partial charge in [0.25, 0.3) is 5.91 Å². The Morgan fingerprint density at radius 2 is 2.39 bits per heavy atom. The monoisotopic (exact) mass is 268 g/mol. The number of carbonyl (C=O) groups is 1. The van der Waals surface area contributed by atoms with Crippen LogP contribution in [0.4, 0.5) is 5.69 Å². The molecule has 1 saturated heterocycles. The molecule has 0 saturated carbocycles. The Kier molecular flexibility index (Phi) is 4.44. The Bertz CT molecular complexity index is 431. The maximum absolute atomic E-state index is 12.0. The molecular weight excluding hydrogens is 252 g/mol. The zero-order chi connectivity index (χ0) is 13.0. The van der Waals surface area contributed by atoms with Crippen LogP contribution in [0.5, 0.6) is 0 Å². The molecule has 1 heterocycles. The summed E-state index contributed by atoms with van der Waals surface area (Å²) < 4.78 is 5.37. The average Bonchev–Trinajstić information content (AvgIpc) is 2.40. The first kappa shape index (κ1) is 13.2. The molecule has 98 valence electrons. The normalized spacial score (nSPS) is 19.5. The van der Waals surface area contributed by atoms with E-state index in [1.807, 2.05) is 0 Å². The van der Waals surface area contributed by atoms with Crippen molar-refractivity contribution in [3.8, 4) is 0 Å². The Balaban J connectivity index is 1.92. The van der Waals surface area contributed by atoms with E-state index in [-0.39, 0.29) is 5.91 Å². The van der Waals surface area contributed by atoms with Crippen LogP contribution in [0.3, 0.4) is 0 Å². The first-order chi connectivity index (χ1) is 8.66. The Labute approximate surface area is 111 Å². The minimum absolute atomic E-state index is 0.183. The fraction of sp³-hybridized carbons (Fsp3) is 0.462. The fourth-order valence-corrected chi connectivity index (χ4v) is 2.22. The van der Waals surface area contributed by atoms with E-state index in [0.29, 0.717) is 35.3 Å². The maximum Gasteiger partial charge on any atom is 0.252 e. The third-order valence-corrected chi connectivity index (χ3v) is 3.37. The van der Waals surface area contributed by atoms with Crippen LogP contribution >= 0.6 is 11.6 Å². The topological polar surface area (TPSA) is 64.4 Å². The van der Waals surface area contributed by atoms with Crippen molar-refractivity contribution in [2.45, 2.75) is 12.8 Å². The first-order valence-electron chi connectivity index (χ1n) is 6.08. The number of benzene rings is 1. The van der Waals surface area contributed by atoms with Crippen LogP contribution in [0, 0.1) is 5.92 Å². The molecule has 0 bridgehead atoms. The van der Waals surface area contributed by atoms with Crippen molar-refractivity contribution in [2.75, 3.05) is 25.5 Å². The van der Waals surface area contributed by atoms with Crippen LogP contribution < -0.4 is 11.1 Å². The Morgan fingerprint density at radius 3 is 3.11 bits per heavy atom. The third-order valence-electron chi connectivity index (χ3n) is 3.04. The number of rotatable bonds is 3. The lowest BCUT2D eigenvalue weighted by Crippen LogP contribution is -2.33. The van der Waals surface area contributed by atoms with Gasteiger partial charge in [0, 0.05) is 18.8 Å². The second kappa shape index (κ2) is 6.07. The molecule has 1 aromatic carbocycles. The molecule has 1 aromatic rings. The van der Waals surface area contributed by atoms with E-state index < -0.39 is 0 Å².